The second kappa shape index (κ2) is 24.2. The second-order valence-electron chi connectivity index (χ2n) is 10.0. The first kappa shape index (κ1) is 29.0. The first-order chi connectivity index (χ1) is 14.2. The average Bonchev–Trinajstić information content (AvgIpc) is 2.71. The maximum Gasteiger partial charge on any atom is 0.000427 e. The highest BCUT2D eigenvalue weighted by Crippen LogP contribution is 2.15. The first-order valence-electron chi connectivity index (χ1n) is 13.9. The largest absolute Gasteiger partial charge is 0.303 e. The summed E-state index contributed by atoms with van der Waals surface area (Å²) in [5.74, 6) is 0.806. The van der Waals surface area contributed by atoms with E-state index in [1.807, 2.05) is 0 Å². The first-order valence-corrected chi connectivity index (χ1v) is 13.9. The Balaban J connectivity index is 3.11. The Hall–Kier alpha value is -0.0400. The molecule has 0 rings (SSSR count). The van der Waals surface area contributed by atoms with Gasteiger partial charge in [0.05, 0.1) is 0 Å². The van der Waals surface area contributed by atoms with E-state index in [9.17, 15) is 0 Å². The van der Waals surface area contributed by atoms with E-state index in [-0.39, 0.29) is 0 Å². The molecule has 0 aromatic carbocycles. The van der Waals surface area contributed by atoms with Gasteiger partial charge in [-0.2, -0.15) is 0 Å². The van der Waals surface area contributed by atoms with Crippen LogP contribution in [0.2, 0.25) is 0 Å². The summed E-state index contributed by atoms with van der Waals surface area (Å²) in [6.07, 6.45) is 29.3. The third-order valence-electron chi connectivity index (χ3n) is 6.40. The maximum absolute atomic E-state index is 2.62. The van der Waals surface area contributed by atoms with Crippen LogP contribution in [0.3, 0.4) is 0 Å². The smallest absolute Gasteiger partial charge is 0.000427 e. The fourth-order valence-electron chi connectivity index (χ4n) is 4.49. The minimum atomic E-state index is 0.806. The topological polar surface area (TPSA) is 3.24 Å². The molecule has 0 aliphatic heterocycles. The number of nitrogens with zero attached hydrogens (tertiary/aromatic N) is 1. The summed E-state index contributed by atoms with van der Waals surface area (Å²) < 4.78 is 0. The van der Waals surface area contributed by atoms with Crippen LogP contribution in [0.1, 0.15) is 156 Å². The maximum atomic E-state index is 2.62. The quantitative estimate of drug-likeness (QED) is 0.143. The van der Waals surface area contributed by atoms with E-state index < -0.39 is 0 Å². The Morgan fingerprint density at radius 2 is 0.759 bits per heavy atom. The Bertz CT molecular complexity index is 286. The van der Waals surface area contributed by atoms with Crippen molar-refractivity contribution in [3.8, 4) is 0 Å². The van der Waals surface area contributed by atoms with Crippen LogP contribution < -0.4 is 0 Å². The van der Waals surface area contributed by atoms with Gasteiger partial charge in [-0.3, -0.25) is 0 Å². The summed E-state index contributed by atoms with van der Waals surface area (Å²) in [4.78, 5) is 2.62. The molecule has 0 N–H and O–H groups in total. The third-order valence-corrected chi connectivity index (χ3v) is 6.40. The minimum Gasteiger partial charge on any atom is -0.303 e. The number of hydrogen-bond acceptors (Lipinski definition) is 1. The van der Waals surface area contributed by atoms with Gasteiger partial charge in [-0.05, 0) is 25.4 Å². The normalized spacial score (nSPS) is 11.8. The van der Waals surface area contributed by atoms with Gasteiger partial charge in [0, 0.05) is 6.54 Å². The molecular formula is C28H59N. The van der Waals surface area contributed by atoms with Crippen molar-refractivity contribution in [2.45, 2.75) is 156 Å². The van der Waals surface area contributed by atoms with Crippen molar-refractivity contribution in [3.63, 3.8) is 0 Å². The minimum absolute atomic E-state index is 0.806. The molecule has 0 amide bonds. The molecule has 0 radical (unpaired) electrons. The lowest BCUT2D eigenvalue weighted by Gasteiger charge is -2.22. The number of hydrogen-bond donors (Lipinski definition) is 0. The standard InChI is InChI=1S/C28H59N/c1-5-7-8-9-10-11-12-13-14-15-16-17-18-19-20-21-22-23-24-25-26-29(6-2)27-28(3)4/h28H,5-27H2,1-4H3. The van der Waals surface area contributed by atoms with E-state index in [1.165, 1.54) is 148 Å². The molecule has 0 atom stereocenters. The summed E-state index contributed by atoms with van der Waals surface area (Å²) in [6, 6.07) is 0. The van der Waals surface area contributed by atoms with E-state index in [0.717, 1.165) is 5.92 Å². The van der Waals surface area contributed by atoms with Crippen molar-refractivity contribution < 1.29 is 0 Å². The lowest BCUT2D eigenvalue weighted by molar-refractivity contribution is 0.250. The predicted molar refractivity (Wildman–Crippen MR) is 135 cm³/mol. The van der Waals surface area contributed by atoms with Gasteiger partial charge >= 0.3 is 0 Å². The lowest BCUT2D eigenvalue weighted by Crippen LogP contribution is -2.28. The molecule has 176 valence electrons. The lowest BCUT2D eigenvalue weighted by atomic mass is 10.0. The molecule has 0 saturated heterocycles. The molecule has 0 heterocycles. The zero-order chi connectivity index (χ0) is 21.4. The van der Waals surface area contributed by atoms with Gasteiger partial charge < -0.3 is 4.90 Å². The summed E-state index contributed by atoms with van der Waals surface area (Å²) in [7, 11) is 0. The van der Waals surface area contributed by atoms with Gasteiger partial charge in [0.2, 0.25) is 0 Å². The Labute approximate surface area is 186 Å². The van der Waals surface area contributed by atoms with Gasteiger partial charge in [0.25, 0.3) is 0 Å². The van der Waals surface area contributed by atoms with E-state index in [2.05, 4.69) is 32.6 Å². The van der Waals surface area contributed by atoms with Crippen molar-refractivity contribution in [3.05, 3.63) is 0 Å². The van der Waals surface area contributed by atoms with Crippen molar-refractivity contribution in [2.24, 2.45) is 5.92 Å². The van der Waals surface area contributed by atoms with Crippen LogP contribution in [-0.2, 0) is 0 Å². The van der Waals surface area contributed by atoms with Crippen LogP contribution in [0.4, 0.5) is 0 Å². The van der Waals surface area contributed by atoms with Crippen LogP contribution in [0, 0.1) is 5.92 Å². The van der Waals surface area contributed by atoms with Gasteiger partial charge in [0.15, 0.2) is 0 Å². The predicted octanol–water partition coefficient (Wildman–Crippen LogP) is 9.79. The molecule has 0 saturated carbocycles. The van der Waals surface area contributed by atoms with E-state index >= 15 is 0 Å². The zero-order valence-corrected chi connectivity index (χ0v) is 21.3. The van der Waals surface area contributed by atoms with Crippen molar-refractivity contribution in [1.82, 2.24) is 4.90 Å². The molecule has 0 aromatic rings. The molecular weight excluding hydrogens is 350 g/mol. The van der Waals surface area contributed by atoms with Crippen LogP contribution in [0.25, 0.3) is 0 Å². The fraction of sp³-hybridized carbons (Fsp3) is 1.00. The molecule has 1 nitrogen and oxygen atoms in total. The monoisotopic (exact) mass is 409 g/mol. The molecule has 0 unspecified atom stereocenters. The van der Waals surface area contributed by atoms with E-state index in [0.29, 0.717) is 0 Å². The zero-order valence-electron chi connectivity index (χ0n) is 21.3. The summed E-state index contributed by atoms with van der Waals surface area (Å²) in [6.45, 7) is 13.1. The van der Waals surface area contributed by atoms with Gasteiger partial charge in [0.1, 0.15) is 0 Å². The van der Waals surface area contributed by atoms with Crippen molar-refractivity contribution in [1.29, 1.82) is 0 Å². The molecule has 0 spiro atoms. The van der Waals surface area contributed by atoms with Gasteiger partial charge in [-0.25, -0.2) is 0 Å². The molecule has 0 aromatic heterocycles. The number of unbranched alkanes of at least 4 members (excludes halogenated alkanes) is 19. The van der Waals surface area contributed by atoms with E-state index in [1.54, 1.807) is 0 Å². The van der Waals surface area contributed by atoms with Gasteiger partial charge in [-0.1, -0.05) is 150 Å². The molecule has 29 heavy (non-hydrogen) atoms. The Morgan fingerprint density at radius 3 is 1.03 bits per heavy atom. The average molecular weight is 410 g/mol. The highest BCUT2D eigenvalue weighted by molar-refractivity contribution is 4.58. The second-order valence-corrected chi connectivity index (χ2v) is 10.0. The number of rotatable bonds is 24. The molecule has 1 heteroatoms. The third kappa shape index (κ3) is 24.1. The SMILES string of the molecule is CCCCCCCCCCCCCCCCCCCCCCN(CC)CC(C)C. The van der Waals surface area contributed by atoms with E-state index in [4.69, 9.17) is 0 Å². The van der Waals surface area contributed by atoms with Crippen LogP contribution >= 0.6 is 0 Å². The summed E-state index contributed by atoms with van der Waals surface area (Å²) in [5, 5.41) is 0. The Kier molecular flexibility index (Phi) is 24.2. The van der Waals surface area contributed by atoms with Gasteiger partial charge in [-0.15, -0.1) is 0 Å². The Morgan fingerprint density at radius 1 is 0.448 bits per heavy atom. The molecule has 0 bridgehead atoms. The molecule has 0 aliphatic carbocycles. The molecule has 0 fully saturated rings. The highest BCUT2D eigenvalue weighted by Gasteiger charge is 2.04. The van der Waals surface area contributed by atoms with Crippen molar-refractivity contribution in [2.75, 3.05) is 19.6 Å². The molecule has 0 aliphatic rings. The van der Waals surface area contributed by atoms with Crippen LogP contribution in [-0.4, -0.2) is 24.5 Å². The van der Waals surface area contributed by atoms with Crippen LogP contribution in [0.5, 0.6) is 0 Å². The van der Waals surface area contributed by atoms with Crippen LogP contribution in [0.15, 0.2) is 0 Å². The fourth-order valence-corrected chi connectivity index (χ4v) is 4.49. The summed E-state index contributed by atoms with van der Waals surface area (Å²) >= 11 is 0. The van der Waals surface area contributed by atoms with Crippen molar-refractivity contribution >= 4 is 0 Å². The highest BCUT2D eigenvalue weighted by atomic mass is 15.1. The summed E-state index contributed by atoms with van der Waals surface area (Å²) in [5.41, 5.74) is 0.